The second kappa shape index (κ2) is 5.10. The smallest absolute Gasteiger partial charge is 0.251 e. The third-order valence-corrected chi connectivity index (χ3v) is 4.16. The first kappa shape index (κ1) is 13.5. The molecule has 108 valence electrons. The number of carbonyl (C=O) groups is 1. The maximum absolute atomic E-state index is 13.1. The van der Waals surface area contributed by atoms with Crippen molar-refractivity contribution in [3.8, 4) is 0 Å². The van der Waals surface area contributed by atoms with Gasteiger partial charge in [-0.15, -0.1) is 0 Å². The molecule has 1 aliphatic heterocycles. The highest BCUT2D eigenvalue weighted by Crippen LogP contribution is 2.37. The van der Waals surface area contributed by atoms with Gasteiger partial charge in [-0.05, 0) is 31.0 Å². The summed E-state index contributed by atoms with van der Waals surface area (Å²) in [5.74, 6) is -2.20. The Bertz CT molecular complexity index is 538. The van der Waals surface area contributed by atoms with E-state index < -0.39 is 17.5 Å². The molecule has 4 nitrogen and oxygen atoms in total. The van der Waals surface area contributed by atoms with Gasteiger partial charge in [0.05, 0.1) is 12.1 Å². The summed E-state index contributed by atoms with van der Waals surface area (Å²) in [7, 11) is 0. The number of hydrogen-bond acceptors (Lipinski definition) is 3. The number of rotatable bonds is 2. The first-order valence-electron chi connectivity index (χ1n) is 6.71. The van der Waals surface area contributed by atoms with E-state index in [4.69, 9.17) is 10.5 Å². The molecule has 1 aromatic carbocycles. The maximum Gasteiger partial charge on any atom is 0.251 e. The zero-order valence-electron chi connectivity index (χ0n) is 10.8. The zero-order valence-corrected chi connectivity index (χ0v) is 10.8. The maximum atomic E-state index is 13.1. The molecule has 1 aromatic rings. The molecule has 1 heterocycles. The largest absolute Gasteiger partial charge is 0.376 e. The van der Waals surface area contributed by atoms with Crippen molar-refractivity contribution in [2.24, 2.45) is 11.7 Å². The third-order valence-electron chi connectivity index (χ3n) is 4.16. The second-order valence-corrected chi connectivity index (χ2v) is 5.35. The predicted octanol–water partition coefficient (Wildman–Crippen LogP) is 1.20. The summed E-state index contributed by atoms with van der Waals surface area (Å²) in [6.07, 6.45) is 1.93. The van der Waals surface area contributed by atoms with Crippen LogP contribution >= 0.6 is 0 Å². The second-order valence-electron chi connectivity index (χ2n) is 5.35. The minimum absolute atomic E-state index is 0.0620. The average Bonchev–Trinajstić information content (AvgIpc) is 2.47. The fraction of sp³-hybridized carbons (Fsp3) is 0.500. The Morgan fingerprint density at radius 3 is 2.90 bits per heavy atom. The molecule has 0 spiro atoms. The lowest BCUT2D eigenvalue weighted by atomic mass is 9.68. The summed E-state index contributed by atoms with van der Waals surface area (Å²) in [5, 5.41) is 2.75. The van der Waals surface area contributed by atoms with E-state index in [1.807, 2.05) is 0 Å². The Morgan fingerprint density at radius 1 is 1.35 bits per heavy atom. The van der Waals surface area contributed by atoms with Gasteiger partial charge in [0.1, 0.15) is 0 Å². The molecule has 0 aromatic heterocycles. The standard InChI is InChI=1S/C14H16F2N2O2/c15-9-4-3-7(6-10(9)16)14(19)18-12-11(17)8-2-1-5-20-13(8)12/h3-4,6,8,11-13H,1-2,5,17H2,(H,18,19). The Hall–Kier alpha value is -1.53. The zero-order chi connectivity index (χ0) is 14.3. The molecule has 0 radical (unpaired) electrons. The number of hydrogen-bond donors (Lipinski definition) is 2. The van der Waals surface area contributed by atoms with E-state index in [1.165, 1.54) is 6.07 Å². The fourth-order valence-corrected chi connectivity index (χ4v) is 3.00. The Morgan fingerprint density at radius 2 is 2.15 bits per heavy atom. The van der Waals surface area contributed by atoms with Gasteiger partial charge in [0.15, 0.2) is 11.6 Å². The van der Waals surface area contributed by atoms with Crippen LogP contribution in [-0.4, -0.2) is 30.7 Å². The van der Waals surface area contributed by atoms with Crippen molar-refractivity contribution in [3.63, 3.8) is 0 Å². The minimum Gasteiger partial charge on any atom is -0.376 e. The van der Waals surface area contributed by atoms with Crippen LogP contribution in [0.25, 0.3) is 0 Å². The molecule has 3 rings (SSSR count). The number of amides is 1. The number of nitrogens with two attached hydrogens (primary N) is 1. The van der Waals surface area contributed by atoms with Crippen molar-refractivity contribution < 1.29 is 18.3 Å². The topological polar surface area (TPSA) is 64.3 Å². The molecule has 1 amide bonds. The van der Waals surface area contributed by atoms with Gasteiger partial charge in [-0.2, -0.15) is 0 Å². The molecule has 6 heteroatoms. The fourth-order valence-electron chi connectivity index (χ4n) is 3.00. The highest BCUT2D eigenvalue weighted by atomic mass is 19.2. The first-order valence-corrected chi connectivity index (χ1v) is 6.71. The number of carbonyl (C=O) groups excluding carboxylic acids is 1. The van der Waals surface area contributed by atoms with Crippen LogP contribution in [0.2, 0.25) is 0 Å². The Kier molecular flexibility index (Phi) is 3.43. The lowest BCUT2D eigenvalue weighted by Crippen LogP contribution is -2.72. The summed E-state index contributed by atoms with van der Waals surface area (Å²) >= 11 is 0. The summed E-state index contributed by atoms with van der Waals surface area (Å²) in [5.41, 5.74) is 6.11. The highest BCUT2D eigenvalue weighted by Gasteiger charge is 2.51. The molecule has 2 fully saturated rings. The van der Waals surface area contributed by atoms with Crippen LogP contribution < -0.4 is 11.1 Å². The van der Waals surface area contributed by atoms with E-state index in [0.29, 0.717) is 6.61 Å². The number of halogens is 2. The minimum atomic E-state index is -1.04. The summed E-state index contributed by atoms with van der Waals surface area (Å²) in [4.78, 5) is 12.0. The van der Waals surface area contributed by atoms with Gasteiger partial charge in [-0.1, -0.05) is 0 Å². The van der Waals surface area contributed by atoms with E-state index >= 15 is 0 Å². The van der Waals surface area contributed by atoms with E-state index in [9.17, 15) is 13.6 Å². The van der Waals surface area contributed by atoms with Crippen LogP contribution in [0.3, 0.4) is 0 Å². The normalized spacial score (nSPS) is 32.1. The van der Waals surface area contributed by atoms with Gasteiger partial charge in [-0.25, -0.2) is 8.78 Å². The average molecular weight is 282 g/mol. The molecular formula is C14H16F2N2O2. The van der Waals surface area contributed by atoms with E-state index in [2.05, 4.69) is 5.32 Å². The van der Waals surface area contributed by atoms with Gasteiger partial charge in [0.2, 0.25) is 0 Å². The Labute approximate surface area is 115 Å². The third kappa shape index (κ3) is 2.19. The summed E-state index contributed by atoms with van der Waals surface area (Å²) in [6.45, 7) is 0.672. The summed E-state index contributed by atoms with van der Waals surface area (Å²) < 4.78 is 31.6. The van der Waals surface area contributed by atoms with E-state index in [1.54, 1.807) is 0 Å². The molecule has 4 atom stereocenters. The van der Waals surface area contributed by atoms with Crippen molar-refractivity contribution in [3.05, 3.63) is 35.4 Å². The van der Waals surface area contributed by atoms with Crippen molar-refractivity contribution in [1.29, 1.82) is 0 Å². The van der Waals surface area contributed by atoms with Crippen LogP contribution in [0.15, 0.2) is 18.2 Å². The van der Waals surface area contributed by atoms with Crippen LogP contribution in [0.1, 0.15) is 23.2 Å². The molecule has 1 aliphatic carbocycles. The number of nitrogens with one attached hydrogen (secondary N) is 1. The SMILES string of the molecule is NC1C2CCCOC2C1NC(=O)c1ccc(F)c(F)c1. The van der Waals surface area contributed by atoms with Gasteiger partial charge < -0.3 is 15.8 Å². The van der Waals surface area contributed by atoms with Crippen LogP contribution in [0, 0.1) is 17.6 Å². The monoisotopic (exact) mass is 282 g/mol. The van der Waals surface area contributed by atoms with Gasteiger partial charge >= 0.3 is 0 Å². The quantitative estimate of drug-likeness (QED) is 0.856. The van der Waals surface area contributed by atoms with Gasteiger partial charge in [0, 0.05) is 24.1 Å². The predicted molar refractivity (Wildman–Crippen MR) is 68.1 cm³/mol. The number of benzene rings is 1. The Balaban J connectivity index is 1.68. The highest BCUT2D eigenvalue weighted by molar-refractivity contribution is 5.94. The van der Waals surface area contributed by atoms with Gasteiger partial charge in [-0.3, -0.25) is 4.79 Å². The van der Waals surface area contributed by atoms with E-state index in [0.717, 1.165) is 25.0 Å². The van der Waals surface area contributed by atoms with Crippen molar-refractivity contribution in [1.82, 2.24) is 5.32 Å². The molecule has 3 N–H and O–H groups in total. The van der Waals surface area contributed by atoms with E-state index in [-0.39, 0.29) is 29.7 Å². The molecule has 0 bridgehead atoms. The molecule has 1 saturated heterocycles. The number of ether oxygens (including phenoxy) is 1. The van der Waals surface area contributed by atoms with Crippen molar-refractivity contribution in [2.45, 2.75) is 31.0 Å². The molecule has 1 saturated carbocycles. The molecule has 4 unspecified atom stereocenters. The van der Waals surface area contributed by atoms with Crippen molar-refractivity contribution in [2.75, 3.05) is 6.61 Å². The lowest BCUT2D eigenvalue weighted by molar-refractivity contribution is -0.117. The summed E-state index contributed by atoms with van der Waals surface area (Å²) in [6, 6.07) is 2.66. The van der Waals surface area contributed by atoms with Crippen LogP contribution in [-0.2, 0) is 4.74 Å². The van der Waals surface area contributed by atoms with Crippen LogP contribution in [0.4, 0.5) is 8.78 Å². The molecule has 20 heavy (non-hydrogen) atoms. The molecule has 2 aliphatic rings. The van der Waals surface area contributed by atoms with Gasteiger partial charge in [0.25, 0.3) is 5.91 Å². The van der Waals surface area contributed by atoms with Crippen LogP contribution in [0.5, 0.6) is 0 Å². The lowest BCUT2D eigenvalue weighted by Gasteiger charge is -2.52. The first-order chi connectivity index (χ1) is 9.58. The van der Waals surface area contributed by atoms with Crippen molar-refractivity contribution >= 4 is 5.91 Å². The number of fused-ring (bicyclic) bond motifs is 1. The molecular weight excluding hydrogens is 266 g/mol.